The molecule has 0 aliphatic carbocycles. The lowest BCUT2D eigenvalue weighted by molar-refractivity contribution is 0.138. The maximum absolute atomic E-state index is 11.1. The second kappa shape index (κ2) is 8.45. The summed E-state index contributed by atoms with van der Waals surface area (Å²) in [5, 5.41) is 11.1. The van der Waals surface area contributed by atoms with E-state index < -0.39 is 6.10 Å². The van der Waals surface area contributed by atoms with Crippen LogP contribution >= 0.6 is 0 Å². The Hall–Kier alpha value is -2.84. The Morgan fingerprint density at radius 1 is 0.893 bits per heavy atom. The van der Waals surface area contributed by atoms with Crippen LogP contribution in [0.5, 0.6) is 0 Å². The third-order valence-corrected chi connectivity index (χ3v) is 5.32. The number of unbranched alkanes of at least 4 members (excludes halogenated alkanes) is 1. The molecule has 0 saturated carbocycles. The van der Waals surface area contributed by atoms with Crippen LogP contribution in [0, 0.1) is 0 Å². The van der Waals surface area contributed by atoms with Gasteiger partial charge in [-0.15, -0.1) is 0 Å². The molecular weight excluding hydrogens is 344 g/mol. The predicted octanol–water partition coefficient (Wildman–Crippen LogP) is 6.42. The maximum atomic E-state index is 11.1. The number of benzene rings is 3. The minimum atomic E-state index is -0.658. The van der Waals surface area contributed by atoms with Crippen LogP contribution in [-0.4, -0.2) is 5.11 Å². The molecule has 0 amide bonds. The van der Waals surface area contributed by atoms with E-state index in [1.807, 2.05) is 60.7 Å². The molecule has 142 valence electrons. The second-order valence-corrected chi connectivity index (χ2v) is 7.29. The van der Waals surface area contributed by atoms with Crippen molar-refractivity contribution in [2.24, 2.45) is 0 Å². The van der Waals surface area contributed by atoms with Crippen molar-refractivity contribution < 1.29 is 9.84 Å². The van der Waals surface area contributed by atoms with Gasteiger partial charge in [-0.25, -0.2) is 0 Å². The molecular formula is C26H26O2. The van der Waals surface area contributed by atoms with E-state index in [9.17, 15) is 5.11 Å². The van der Waals surface area contributed by atoms with Crippen LogP contribution in [0.3, 0.4) is 0 Å². The van der Waals surface area contributed by atoms with Gasteiger partial charge in [-0.3, -0.25) is 0 Å². The van der Waals surface area contributed by atoms with Gasteiger partial charge in [-0.05, 0) is 34.8 Å². The molecule has 2 atom stereocenters. The second-order valence-electron chi connectivity index (χ2n) is 7.29. The van der Waals surface area contributed by atoms with Gasteiger partial charge in [0.1, 0.15) is 12.2 Å². The molecule has 1 aliphatic rings. The zero-order valence-electron chi connectivity index (χ0n) is 16.2. The van der Waals surface area contributed by atoms with Crippen molar-refractivity contribution in [2.45, 2.75) is 38.4 Å². The molecule has 1 heterocycles. The Labute approximate surface area is 167 Å². The van der Waals surface area contributed by atoms with Gasteiger partial charge >= 0.3 is 0 Å². The van der Waals surface area contributed by atoms with Gasteiger partial charge in [-0.2, -0.15) is 0 Å². The fourth-order valence-electron chi connectivity index (χ4n) is 3.82. The molecule has 2 heteroatoms. The van der Waals surface area contributed by atoms with Crippen molar-refractivity contribution in [3.8, 4) is 0 Å². The molecule has 4 rings (SSSR count). The number of rotatable bonds is 6. The maximum Gasteiger partial charge on any atom is 0.149 e. The number of aliphatic hydroxyl groups is 1. The Kier molecular flexibility index (Phi) is 5.59. The number of fused-ring (bicyclic) bond motifs is 1. The lowest BCUT2D eigenvalue weighted by Gasteiger charge is -2.30. The van der Waals surface area contributed by atoms with Crippen LogP contribution in [0.2, 0.25) is 0 Å². The highest BCUT2D eigenvalue weighted by Crippen LogP contribution is 2.41. The van der Waals surface area contributed by atoms with E-state index in [0.717, 1.165) is 52.8 Å². The van der Waals surface area contributed by atoms with Crippen molar-refractivity contribution in [1.29, 1.82) is 0 Å². The fourth-order valence-corrected chi connectivity index (χ4v) is 3.82. The van der Waals surface area contributed by atoms with E-state index >= 15 is 0 Å². The van der Waals surface area contributed by atoms with Crippen molar-refractivity contribution >= 4 is 6.08 Å². The molecule has 0 bridgehead atoms. The van der Waals surface area contributed by atoms with Gasteiger partial charge in [0.2, 0.25) is 0 Å². The van der Waals surface area contributed by atoms with Crippen molar-refractivity contribution in [3.05, 3.63) is 112 Å². The quantitative estimate of drug-likeness (QED) is 0.542. The van der Waals surface area contributed by atoms with Crippen LogP contribution < -0.4 is 0 Å². The van der Waals surface area contributed by atoms with Gasteiger partial charge in [0.15, 0.2) is 0 Å². The highest BCUT2D eigenvalue weighted by Gasteiger charge is 2.27. The summed E-state index contributed by atoms with van der Waals surface area (Å²) < 4.78 is 6.42. The minimum absolute atomic E-state index is 0.143. The molecule has 0 saturated heterocycles. The largest absolute Gasteiger partial charge is 0.485 e. The molecule has 0 spiro atoms. The monoisotopic (exact) mass is 370 g/mol. The number of hydrogen-bond acceptors (Lipinski definition) is 2. The van der Waals surface area contributed by atoms with Crippen LogP contribution in [-0.2, 0) is 4.74 Å². The van der Waals surface area contributed by atoms with E-state index in [2.05, 4.69) is 31.2 Å². The summed E-state index contributed by atoms with van der Waals surface area (Å²) in [5.74, 6) is 0.996. The summed E-state index contributed by atoms with van der Waals surface area (Å²) >= 11 is 0. The van der Waals surface area contributed by atoms with Gasteiger partial charge in [0.05, 0.1) is 5.76 Å². The summed E-state index contributed by atoms with van der Waals surface area (Å²) in [4.78, 5) is 0. The number of allylic oxidation sites excluding steroid dienone is 1. The van der Waals surface area contributed by atoms with Crippen LogP contribution in [0.15, 0.2) is 84.6 Å². The molecule has 0 unspecified atom stereocenters. The zero-order valence-corrected chi connectivity index (χ0v) is 16.2. The van der Waals surface area contributed by atoms with Gasteiger partial charge < -0.3 is 9.84 Å². The molecule has 0 aromatic heterocycles. The summed E-state index contributed by atoms with van der Waals surface area (Å²) in [5.41, 5.74) is 5.17. The average molecular weight is 370 g/mol. The highest BCUT2D eigenvalue weighted by atomic mass is 16.5. The lowest BCUT2D eigenvalue weighted by Crippen LogP contribution is -2.15. The number of hydrogen-bond donors (Lipinski definition) is 1. The SMILES string of the molecule is CCCCC1=Cc2c([C@H](O)c3ccccc3)cccc2[C@H](c2ccccc2)O1. The Morgan fingerprint density at radius 2 is 1.61 bits per heavy atom. The van der Waals surface area contributed by atoms with Gasteiger partial charge in [0, 0.05) is 12.0 Å². The van der Waals surface area contributed by atoms with Crippen LogP contribution in [0.25, 0.3) is 6.08 Å². The molecule has 2 nitrogen and oxygen atoms in total. The summed E-state index contributed by atoms with van der Waals surface area (Å²) in [6.07, 6.45) is 4.45. The normalized spacial score (nSPS) is 16.6. The molecule has 3 aromatic rings. The van der Waals surface area contributed by atoms with E-state index in [4.69, 9.17) is 4.74 Å². The summed E-state index contributed by atoms with van der Waals surface area (Å²) in [7, 11) is 0. The molecule has 0 radical (unpaired) electrons. The van der Waals surface area contributed by atoms with Gasteiger partial charge in [-0.1, -0.05) is 92.2 Å². The molecule has 1 N–H and O–H groups in total. The number of ether oxygens (including phenoxy) is 1. The average Bonchev–Trinajstić information content (AvgIpc) is 2.77. The first-order chi connectivity index (χ1) is 13.8. The third-order valence-electron chi connectivity index (χ3n) is 5.32. The van der Waals surface area contributed by atoms with Crippen molar-refractivity contribution in [3.63, 3.8) is 0 Å². The molecule has 1 aliphatic heterocycles. The predicted molar refractivity (Wildman–Crippen MR) is 114 cm³/mol. The van der Waals surface area contributed by atoms with E-state index in [0.29, 0.717) is 0 Å². The lowest BCUT2D eigenvalue weighted by atomic mass is 9.87. The summed E-state index contributed by atoms with van der Waals surface area (Å²) in [6.45, 7) is 2.19. The van der Waals surface area contributed by atoms with E-state index in [1.165, 1.54) is 0 Å². The summed E-state index contributed by atoms with van der Waals surface area (Å²) in [6, 6.07) is 26.3. The van der Waals surface area contributed by atoms with Crippen molar-refractivity contribution in [2.75, 3.05) is 0 Å². The first-order valence-electron chi connectivity index (χ1n) is 10.1. The number of aliphatic hydroxyl groups excluding tert-OH is 1. The topological polar surface area (TPSA) is 29.5 Å². The van der Waals surface area contributed by atoms with Crippen molar-refractivity contribution in [1.82, 2.24) is 0 Å². The van der Waals surface area contributed by atoms with Gasteiger partial charge in [0.25, 0.3) is 0 Å². The molecule has 28 heavy (non-hydrogen) atoms. The molecule has 0 fully saturated rings. The first kappa shape index (κ1) is 18.5. The fraction of sp³-hybridized carbons (Fsp3) is 0.231. The van der Waals surface area contributed by atoms with E-state index in [-0.39, 0.29) is 6.10 Å². The zero-order chi connectivity index (χ0) is 19.3. The Balaban J connectivity index is 1.81. The Bertz CT molecular complexity index is 945. The Morgan fingerprint density at radius 3 is 2.32 bits per heavy atom. The molecule has 3 aromatic carbocycles. The minimum Gasteiger partial charge on any atom is -0.485 e. The highest BCUT2D eigenvalue weighted by molar-refractivity contribution is 5.64. The smallest absolute Gasteiger partial charge is 0.149 e. The van der Waals surface area contributed by atoms with Crippen LogP contribution in [0.1, 0.15) is 66.2 Å². The van der Waals surface area contributed by atoms with E-state index in [1.54, 1.807) is 0 Å². The third kappa shape index (κ3) is 3.74. The standard InChI is InChI=1S/C26H26O2/c1-2-3-15-21-18-24-22(25(27)19-11-6-4-7-12-19)16-10-17-23(24)26(28-21)20-13-8-5-9-14-20/h4-14,16-18,25-27H,2-3,15H2,1H3/t25-,26+/m1/s1. The first-order valence-corrected chi connectivity index (χ1v) is 10.1. The van der Waals surface area contributed by atoms with Crippen LogP contribution in [0.4, 0.5) is 0 Å².